The second kappa shape index (κ2) is 2.48. The van der Waals surface area contributed by atoms with Gasteiger partial charge in [-0.1, -0.05) is 50.3 Å². The first-order valence-electron chi connectivity index (χ1n) is 4.46. The maximum absolute atomic E-state index is 2.34. The Morgan fingerprint density at radius 2 is 2.17 bits per heavy atom. The SMILES string of the molecule is CC1(C)C=CC(C2=CC=CC2)=C1. The van der Waals surface area contributed by atoms with Crippen LogP contribution in [0.25, 0.3) is 0 Å². The van der Waals surface area contributed by atoms with Crippen LogP contribution >= 0.6 is 0 Å². The smallest absolute Gasteiger partial charge is 0.00168 e. The van der Waals surface area contributed by atoms with Crippen molar-refractivity contribution in [3.8, 4) is 0 Å². The van der Waals surface area contributed by atoms with Crippen molar-refractivity contribution >= 4 is 0 Å². The van der Waals surface area contributed by atoms with Gasteiger partial charge >= 0.3 is 0 Å². The summed E-state index contributed by atoms with van der Waals surface area (Å²) in [6.45, 7) is 4.47. The van der Waals surface area contributed by atoms with Crippen LogP contribution in [0.3, 0.4) is 0 Å². The van der Waals surface area contributed by atoms with E-state index >= 15 is 0 Å². The molecule has 0 atom stereocenters. The molecule has 2 aliphatic carbocycles. The van der Waals surface area contributed by atoms with E-state index < -0.39 is 0 Å². The van der Waals surface area contributed by atoms with E-state index in [9.17, 15) is 0 Å². The molecule has 2 rings (SSSR count). The van der Waals surface area contributed by atoms with E-state index in [2.05, 4.69) is 50.3 Å². The van der Waals surface area contributed by atoms with Gasteiger partial charge in [0.05, 0.1) is 0 Å². The molecule has 0 aromatic heterocycles. The lowest BCUT2D eigenvalue weighted by atomic mass is 9.95. The highest BCUT2D eigenvalue weighted by Crippen LogP contribution is 2.33. The lowest BCUT2D eigenvalue weighted by Crippen LogP contribution is -1.98. The predicted octanol–water partition coefficient (Wildman–Crippen LogP) is 3.40. The fraction of sp³-hybridized carbons (Fsp3) is 0.333. The van der Waals surface area contributed by atoms with Crippen molar-refractivity contribution in [1.82, 2.24) is 0 Å². The molecule has 0 aliphatic heterocycles. The van der Waals surface area contributed by atoms with E-state index in [0.29, 0.717) is 0 Å². The van der Waals surface area contributed by atoms with Crippen LogP contribution in [0.1, 0.15) is 20.3 Å². The third-order valence-corrected chi connectivity index (χ3v) is 2.36. The van der Waals surface area contributed by atoms with Crippen LogP contribution in [0.2, 0.25) is 0 Å². The molecule has 0 spiro atoms. The number of hydrogen-bond donors (Lipinski definition) is 0. The maximum atomic E-state index is 2.34. The molecule has 0 fully saturated rings. The average Bonchev–Trinajstić information content (AvgIpc) is 2.55. The topological polar surface area (TPSA) is 0 Å². The molecule has 0 saturated heterocycles. The summed E-state index contributed by atoms with van der Waals surface area (Å²) in [7, 11) is 0. The molecule has 0 aromatic rings. The fourth-order valence-electron chi connectivity index (χ4n) is 1.66. The van der Waals surface area contributed by atoms with Gasteiger partial charge in [-0.15, -0.1) is 0 Å². The van der Waals surface area contributed by atoms with Crippen molar-refractivity contribution in [3.05, 3.63) is 47.6 Å². The molecule has 0 N–H and O–H groups in total. The number of allylic oxidation sites excluding steroid dienone is 8. The molecule has 2 aliphatic rings. The highest BCUT2D eigenvalue weighted by Gasteiger charge is 2.18. The molecule has 0 amide bonds. The molecule has 0 aromatic carbocycles. The quantitative estimate of drug-likeness (QED) is 0.548. The Labute approximate surface area is 74.0 Å². The molecular weight excluding hydrogens is 144 g/mol. The Balaban J connectivity index is 2.23. The molecule has 62 valence electrons. The second-order valence-electron chi connectivity index (χ2n) is 4.08. The highest BCUT2D eigenvalue weighted by molar-refractivity contribution is 5.50. The lowest BCUT2D eigenvalue weighted by molar-refractivity contribution is 0.635. The molecule has 0 nitrogen and oxygen atoms in total. The minimum absolute atomic E-state index is 0.263. The summed E-state index contributed by atoms with van der Waals surface area (Å²) < 4.78 is 0. The third-order valence-electron chi connectivity index (χ3n) is 2.36. The Hall–Kier alpha value is -1.04. The largest absolute Gasteiger partial charge is 0.0801 e. The summed E-state index contributed by atoms with van der Waals surface area (Å²) >= 11 is 0. The zero-order valence-corrected chi connectivity index (χ0v) is 7.67. The normalized spacial score (nSPS) is 24.5. The van der Waals surface area contributed by atoms with Gasteiger partial charge in [0.15, 0.2) is 0 Å². The average molecular weight is 158 g/mol. The van der Waals surface area contributed by atoms with E-state index in [1.807, 2.05) is 0 Å². The minimum Gasteiger partial charge on any atom is -0.0801 e. The van der Waals surface area contributed by atoms with E-state index in [0.717, 1.165) is 6.42 Å². The van der Waals surface area contributed by atoms with Gasteiger partial charge in [0.2, 0.25) is 0 Å². The van der Waals surface area contributed by atoms with E-state index in [-0.39, 0.29) is 5.41 Å². The van der Waals surface area contributed by atoms with Crippen LogP contribution in [-0.4, -0.2) is 0 Å². The monoisotopic (exact) mass is 158 g/mol. The van der Waals surface area contributed by atoms with Gasteiger partial charge in [-0.2, -0.15) is 0 Å². The summed E-state index contributed by atoms with van der Waals surface area (Å²) in [5.74, 6) is 0. The summed E-state index contributed by atoms with van der Waals surface area (Å²) in [6.07, 6.45) is 14.5. The number of rotatable bonds is 1. The Kier molecular flexibility index (Phi) is 1.57. The fourth-order valence-corrected chi connectivity index (χ4v) is 1.66. The first-order chi connectivity index (χ1) is 5.67. The maximum Gasteiger partial charge on any atom is 0.00168 e. The predicted molar refractivity (Wildman–Crippen MR) is 52.8 cm³/mol. The molecule has 12 heavy (non-hydrogen) atoms. The van der Waals surface area contributed by atoms with E-state index in [1.54, 1.807) is 0 Å². The van der Waals surface area contributed by atoms with Gasteiger partial charge in [0.1, 0.15) is 0 Å². The molecule has 0 radical (unpaired) electrons. The van der Waals surface area contributed by atoms with Crippen LogP contribution in [-0.2, 0) is 0 Å². The standard InChI is InChI=1S/C12H14/c1-12(2)8-7-11(9-12)10-5-3-4-6-10/h3-5,7-9H,6H2,1-2H3. The molecule has 0 saturated carbocycles. The second-order valence-corrected chi connectivity index (χ2v) is 4.08. The minimum atomic E-state index is 0.263. The summed E-state index contributed by atoms with van der Waals surface area (Å²) in [4.78, 5) is 0. The highest BCUT2D eigenvalue weighted by atomic mass is 14.2. The van der Waals surface area contributed by atoms with Crippen molar-refractivity contribution < 1.29 is 0 Å². The van der Waals surface area contributed by atoms with Crippen molar-refractivity contribution in [1.29, 1.82) is 0 Å². The first-order valence-corrected chi connectivity index (χ1v) is 4.46. The van der Waals surface area contributed by atoms with Crippen LogP contribution in [0.4, 0.5) is 0 Å². The van der Waals surface area contributed by atoms with Crippen molar-refractivity contribution in [2.24, 2.45) is 5.41 Å². The van der Waals surface area contributed by atoms with Crippen molar-refractivity contribution in [2.75, 3.05) is 0 Å². The van der Waals surface area contributed by atoms with Gasteiger partial charge in [-0.25, -0.2) is 0 Å². The summed E-state index contributed by atoms with van der Waals surface area (Å²) in [5.41, 5.74) is 3.13. The van der Waals surface area contributed by atoms with Crippen LogP contribution in [0.15, 0.2) is 47.6 Å². The Morgan fingerprint density at radius 3 is 2.67 bits per heavy atom. The van der Waals surface area contributed by atoms with Gasteiger partial charge in [-0.3, -0.25) is 0 Å². The van der Waals surface area contributed by atoms with Crippen LogP contribution in [0.5, 0.6) is 0 Å². The molecule has 0 unspecified atom stereocenters. The van der Waals surface area contributed by atoms with Gasteiger partial charge in [-0.05, 0) is 17.6 Å². The lowest BCUT2D eigenvalue weighted by Gasteiger charge is -2.09. The zero-order valence-electron chi connectivity index (χ0n) is 7.67. The Morgan fingerprint density at radius 1 is 1.33 bits per heavy atom. The molecule has 0 bridgehead atoms. The van der Waals surface area contributed by atoms with Crippen LogP contribution in [0, 0.1) is 5.41 Å². The molecule has 0 heterocycles. The summed E-state index contributed by atoms with van der Waals surface area (Å²) in [6, 6.07) is 0. The first kappa shape index (κ1) is 7.60. The molecular formula is C12H14. The van der Waals surface area contributed by atoms with Gasteiger partial charge in [0, 0.05) is 5.41 Å². The van der Waals surface area contributed by atoms with Crippen molar-refractivity contribution in [3.63, 3.8) is 0 Å². The Bertz CT molecular complexity index is 309. The molecule has 0 heteroatoms. The van der Waals surface area contributed by atoms with E-state index in [1.165, 1.54) is 11.1 Å². The zero-order chi connectivity index (χ0) is 8.60. The summed E-state index contributed by atoms with van der Waals surface area (Å²) in [5, 5.41) is 0. The van der Waals surface area contributed by atoms with Crippen molar-refractivity contribution in [2.45, 2.75) is 20.3 Å². The van der Waals surface area contributed by atoms with Gasteiger partial charge in [0.25, 0.3) is 0 Å². The third kappa shape index (κ3) is 1.29. The number of hydrogen-bond acceptors (Lipinski definition) is 0. The van der Waals surface area contributed by atoms with Crippen LogP contribution < -0.4 is 0 Å². The van der Waals surface area contributed by atoms with Gasteiger partial charge < -0.3 is 0 Å². The van der Waals surface area contributed by atoms with E-state index in [4.69, 9.17) is 0 Å².